The van der Waals surface area contributed by atoms with E-state index in [9.17, 15) is 0 Å². The van der Waals surface area contributed by atoms with Crippen molar-refractivity contribution in [1.29, 1.82) is 0 Å². The SMILES string of the molecule is C=CCC(C)NC1CCC(CCC)CC1. The van der Waals surface area contributed by atoms with Crippen molar-refractivity contribution in [3.8, 4) is 0 Å². The number of rotatable bonds is 6. The molecule has 0 heterocycles. The van der Waals surface area contributed by atoms with Gasteiger partial charge in [-0.1, -0.05) is 25.8 Å². The summed E-state index contributed by atoms with van der Waals surface area (Å²) in [6.07, 6.45) is 11.5. The van der Waals surface area contributed by atoms with Gasteiger partial charge in [0.25, 0.3) is 0 Å². The van der Waals surface area contributed by atoms with Gasteiger partial charge in [0.05, 0.1) is 0 Å². The maximum Gasteiger partial charge on any atom is 0.00757 e. The van der Waals surface area contributed by atoms with Crippen molar-refractivity contribution in [2.45, 2.75) is 70.9 Å². The molecule has 0 spiro atoms. The molecule has 0 bridgehead atoms. The van der Waals surface area contributed by atoms with Crippen molar-refractivity contribution in [3.05, 3.63) is 12.7 Å². The third-order valence-electron chi connectivity index (χ3n) is 3.58. The fraction of sp³-hybridized carbons (Fsp3) is 0.857. The zero-order valence-corrected chi connectivity index (χ0v) is 10.5. The van der Waals surface area contributed by atoms with Crippen LogP contribution < -0.4 is 5.32 Å². The normalized spacial score (nSPS) is 28.7. The first-order valence-corrected chi connectivity index (χ1v) is 6.63. The molecule has 0 aliphatic heterocycles. The molecule has 1 unspecified atom stereocenters. The van der Waals surface area contributed by atoms with Crippen LogP contribution >= 0.6 is 0 Å². The topological polar surface area (TPSA) is 12.0 Å². The Labute approximate surface area is 95.3 Å². The van der Waals surface area contributed by atoms with Gasteiger partial charge >= 0.3 is 0 Å². The maximum absolute atomic E-state index is 3.79. The zero-order chi connectivity index (χ0) is 11.1. The standard InChI is InChI=1S/C14H27N/c1-4-6-12(3)15-14-10-8-13(7-5-2)9-11-14/h4,12-15H,1,5-11H2,2-3H3. The van der Waals surface area contributed by atoms with Crippen molar-refractivity contribution in [2.24, 2.45) is 5.92 Å². The highest BCUT2D eigenvalue weighted by molar-refractivity contribution is 4.82. The molecule has 1 fully saturated rings. The second-order valence-corrected chi connectivity index (χ2v) is 5.10. The van der Waals surface area contributed by atoms with E-state index in [2.05, 4.69) is 25.7 Å². The van der Waals surface area contributed by atoms with E-state index in [0.29, 0.717) is 6.04 Å². The van der Waals surface area contributed by atoms with Crippen molar-refractivity contribution < 1.29 is 0 Å². The van der Waals surface area contributed by atoms with Crippen LogP contribution in [-0.2, 0) is 0 Å². The minimum absolute atomic E-state index is 0.607. The van der Waals surface area contributed by atoms with E-state index in [0.717, 1.165) is 18.4 Å². The van der Waals surface area contributed by atoms with Crippen LogP contribution in [0.15, 0.2) is 12.7 Å². The molecule has 1 atom stereocenters. The summed E-state index contributed by atoms with van der Waals surface area (Å²) < 4.78 is 0. The highest BCUT2D eigenvalue weighted by Crippen LogP contribution is 2.27. The van der Waals surface area contributed by atoms with E-state index in [1.807, 2.05) is 6.08 Å². The van der Waals surface area contributed by atoms with Crippen LogP contribution in [0.25, 0.3) is 0 Å². The van der Waals surface area contributed by atoms with Crippen LogP contribution in [-0.4, -0.2) is 12.1 Å². The van der Waals surface area contributed by atoms with Crippen molar-refractivity contribution in [1.82, 2.24) is 5.32 Å². The lowest BCUT2D eigenvalue weighted by Crippen LogP contribution is -2.38. The lowest BCUT2D eigenvalue weighted by Gasteiger charge is -2.31. The van der Waals surface area contributed by atoms with Gasteiger partial charge in [-0.3, -0.25) is 0 Å². The Hall–Kier alpha value is -0.300. The van der Waals surface area contributed by atoms with Gasteiger partial charge in [0.1, 0.15) is 0 Å². The highest BCUT2D eigenvalue weighted by Gasteiger charge is 2.20. The number of hydrogen-bond donors (Lipinski definition) is 1. The summed E-state index contributed by atoms with van der Waals surface area (Å²) in [5.74, 6) is 1.02. The van der Waals surface area contributed by atoms with Crippen LogP contribution in [0.2, 0.25) is 0 Å². The maximum atomic E-state index is 3.79. The molecule has 0 amide bonds. The van der Waals surface area contributed by atoms with Crippen molar-refractivity contribution >= 4 is 0 Å². The summed E-state index contributed by atoms with van der Waals surface area (Å²) in [4.78, 5) is 0. The van der Waals surface area contributed by atoms with E-state index in [1.54, 1.807) is 0 Å². The molecule has 0 radical (unpaired) electrons. The Morgan fingerprint density at radius 3 is 2.53 bits per heavy atom. The van der Waals surface area contributed by atoms with E-state index >= 15 is 0 Å². The van der Waals surface area contributed by atoms with E-state index < -0.39 is 0 Å². The van der Waals surface area contributed by atoms with Gasteiger partial charge in [0, 0.05) is 12.1 Å². The van der Waals surface area contributed by atoms with Crippen LogP contribution in [0.3, 0.4) is 0 Å². The average molecular weight is 209 g/mol. The zero-order valence-electron chi connectivity index (χ0n) is 10.5. The third-order valence-corrected chi connectivity index (χ3v) is 3.58. The molecule has 15 heavy (non-hydrogen) atoms. The summed E-state index contributed by atoms with van der Waals surface area (Å²) in [5, 5.41) is 3.71. The number of nitrogens with one attached hydrogen (secondary N) is 1. The molecule has 0 aromatic heterocycles. The Bertz CT molecular complexity index is 168. The molecule has 0 aromatic rings. The molecular weight excluding hydrogens is 182 g/mol. The lowest BCUT2D eigenvalue weighted by atomic mass is 9.83. The van der Waals surface area contributed by atoms with Gasteiger partial charge in [-0.25, -0.2) is 0 Å². The fourth-order valence-corrected chi connectivity index (χ4v) is 2.75. The summed E-state index contributed by atoms with van der Waals surface area (Å²) in [5.41, 5.74) is 0. The van der Waals surface area contributed by atoms with Gasteiger partial charge in [-0.2, -0.15) is 0 Å². The fourth-order valence-electron chi connectivity index (χ4n) is 2.75. The summed E-state index contributed by atoms with van der Waals surface area (Å²) in [6.45, 7) is 8.36. The van der Waals surface area contributed by atoms with E-state index in [4.69, 9.17) is 0 Å². The van der Waals surface area contributed by atoms with Gasteiger partial charge < -0.3 is 5.32 Å². The minimum atomic E-state index is 0.607. The Kier molecular flexibility index (Phi) is 6.00. The van der Waals surface area contributed by atoms with Crippen molar-refractivity contribution in [2.75, 3.05) is 0 Å². The predicted molar refractivity (Wildman–Crippen MR) is 68.1 cm³/mol. The quantitative estimate of drug-likeness (QED) is 0.654. The van der Waals surface area contributed by atoms with E-state index in [1.165, 1.54) is 38.5 Å². The first kappa shape index (κ1) is 12.8. The second-order valence-electron chi connectivity index (χ2n) is 5.10. The van der Waals surface area contributed by atoms with Crippen LogP contribution in [0.5, 0.6) is 0 Å². The monoisotopic (exact) mass is 209 g/mol. The molecule has 1 heteroatoms. The van der Waals surface area contributed by atoms with E-state index in [-0.39, 0.29) is 0 Å². The molecule has 1 aliphatic rings. The first-order chi connectivity index (χ1) is 7.26. The molecule has 0 saturated heterocycles. The molecule has 1 N–H and O–H groups in total. The second kappa shape index (κ2) is 7.05. The van der Waals surface area contributed by atoms with Crippen LogP contribution in [0.1, 0.15) is 58.8 Å². The van der Waals surface area contributed by atoms with Gasteiger partial charge in [-0.15, -0.1) is 6.58 Å². The van der Waals surface area contributed by atoms with Crippen LogP contribution in [0.4, 0.5) is 0 Å². The Morgan fingerprint density at radius 2 is 2.00 bits per heavy atom. The number of hydrogen-bond acceptors (Lipinski definition) is 1. The molecule has 0 aromatic carbocycles. The minimum Gasteiger partial charge on any atom is -0.311 e. The molecule has 88 valence electrons. The van der Waals surface area contributed by atoms with Gasteiger partial charge in [-0.05, 0) is 44.9 Å². The molecular formula is C14H27N. The predicted octanol–water partition coefficient (Wildman–Crippen LogP) is 3.90. The summed E-state index contributed by atoms with van der Waals surface area (Å²) in [7, 11) is 0. The van der Waals surface area contributed by atoms with Crippen LogP contribution in [0, 0.1) is 5.92 Å². The van der Waals surface area contributed by atoms with Gasteiger partial charge in [0.2, 0.25) is 0 Å². The Morgan fingerprint density at radius 1 is 1.33 bits per heavy atom. The first-order valence-electron chi connectivity index (χ1n) is 6.63. The molecule has 1 aliphatic carbocycles. The smallest absolute Gasteiger partial charge is 0.00757 e. The summed E-state index contributed by atoms with van der Waals surface area (Å²) in [6, 6.07) is 1.38. The highest BCUT2D eigenvalue weighted by atomic mass is 14.9. The lowest BCUT2D eigenvalue weighted by molar-refractivity contribution is 0.266. The molecule has 1 nitrogen and oxygen atoms in total. The average Bonchev–Trinajstić information content (AvgIpc) is 2.22. The largest absolute Gasteiger partial charge is 0.311 e. The summed E-state index contributed by atoms with van der Waals surface area (Å²) >= 11 is 0. The third kappa shape index (κ3) is 4.83. The molecule has 1 saturated carbocycles. The van der Waals surface area contributed by atoms with Crippen molar-refractivity contribution in [3.63, 3.8) is 0 Å². The Balaban J connectivity index is 2.16. The molecule has 1 rings (SSSR count). The van der Waals surface area contributed by atoms with Gasteiger partial charge in [0.15, 0.2) is 0 Å².